The molecule has 3 aromatic rings. The predicted molar refractivity (Wildman–Crippen MR) is 133 cm³/mol. The molecule has 1 saturated heterocycles. The summed E-state index contributed by atoms with van der Waals surface area (Å²) >= 11 is 0. The van der Waals surface area contributed by atoms with Crippen LogP contribution >= 0.6 is 0 Å². The second kappa shape index (κ2) is 10.3. The smallest absolute Gasteiger partial charge is 0.255 e. The summed E-state index contributed by atoms with van der Waals surface area (Å²) in [6.07, 6.45) is 0. The fourth-order valence-corrected chi connectivity index (χ4v) is 4.06. The number of hydrogen-bond acceptors (Lipinski definition) is 5. The van der Waals surface area contributed by atoms with Crippen LogP contribution in [0.25, 0.3) is 0 Å². The molecule has 7 nitrogen and oxygen atoms in total. The van der Waals surface area contributed by atoms with Crippen LogP contribution in [0.15, 0.2) is 66.7 Å². The van der Waals surface area contributed by atoms with Gasteiger partial charge in [0.1, 0.15) is 11.5 Å². The highest BCUT2D eigenvalue weighted by Gasteiger charge is 2.23. The molecule has 0 bridgehead atoms. The van der Waals surface area contributed by atoms with E-state index in [0.29, 0.717) is 35.7 Å². The van der Waals surface area contributed by atoms with E-state index >= 15 is 0 Å². The predicted octanol–water partition coefficient (Wildman–Crippen LogP) is 4.23. The Bertz CT molecular complexity index is 1150. The van der Waals surface area contributed by atoms with Crippen molar-refractivity contribution in [3.05, 3.63) is 83.4 Å². The van der Waals surface area contributed by atoms with Gasteiger partial charge in [0.25, 0.3) is 11.8 Å². The minimum Gasteiger partial charge on any atom is -0.497 e. The van der Waals surface area contributed by atoms with Crippen LogP contribution in [0, 0.1) is 6.92 Å². The number of aryl methyl sites for hydroxylation is 1. The van der Waals surface area contributed by atoms with Crippen LogP contribution in [0.3, 0.4) is 0 Å². The Morgan fingerprint density at radius 1 is 0.824 bits per heavy atom. The summed E-state index contributed by atoms with van der Waals surface area (Å²) in [6, 6.07) is 20.6. The summed E-state index contributed by atoms with van der Waals surface area (Å²) in [7, 11) is 3.14. The Morgan fingerprint density at radius 2 is 1.44 bits per heavy atom. The lowest BCUT2D eigenvalue weighted by Gasteiger charge is -2.36. The highest BCUT2D eigenvalue weighted by atomic mass is 16.5. The van der Waals surface area contributed by atoms with Crippen molar-refractivity contribution in [3.63, 3.8) is 0 Å². The van der Waals surface area contributed by atoms with Gasteiger partial charge in [-0.15, -0.1) is 0 Å². The lowest BCUT2D eigenvalue weighted by Crippen LogP contribution is -2.48. The molecule has 34 heavy (non-hydrogen) atoms. The van der Waals surface area contributed by atoms with Crippen LogP contribution < -0.4 is 19.7 Å². The van der Waals surface area contributed by atoms with Crippen molar-refractivity contribution in [1.29, 1.82) is 0 Å². The van der Waals surface area contributed by atoms with E-state index in [2.05, 4.69) is 10.2 Å². The highest BCUT2D eigenvalue weighted by Crippen LogP contribution is 2.25. The third-order valence-corrected chi connectivity index (χ3v) is 6.05. The first-order chi connectivity index (χ1) is 16.5. The largest absolute Gasteiger partial charge is 0.497 e. The SMILES string of the molecule is COc1cc(OC)cc(C(=O)N2CCN(c3ccc(NC(=O)c4ccccc4C)cc3)CC2)c1. The second-order valence-corrected chi connectivity index (χ2v) is 8.20. The van der Waals surface area contributed by atoms with Gasteiger partial charge in [0.05, 0.1) is 14.2 Å². The maximum atomic E-state index is 13.0. The second-order valence-electron chi connectivity index (χ2n) is 8.20. The molecule has 1 aliphatic rings. The first-order valence-corrected chi connectivity index (χ1v) is 11.2. The van der Waals surface area contributed by atoms with Crippen molar-refractivity contribution in [2.75, 3.05) is 50.6 Å². The van der Waals surface area contributed by atoms with Crippen molar-refractivity contribution in [2.24, 2.45) is 0 Å². The van der Waals surface area contributed by atoms with Gasteiger partial charge in [-0.1, -0.05) is 18.2 Å². The number of nitrogens with zero attached hydrogens (tertiary/aromatic N) is 2. The number of rotatable bonds is 6. The van der Waals surface area contributed by atoms with Crippen LogP contribution in [0.5, 0.6) is 11.5 Å². The van der Waals surface area contributed by atoms with Crippen molar-refractivity contribution in [1.82, 2.24) is 4.90 Å². The van der Waals surface area contributed by atoms with Gasteiger partial charge in [0.15, 0.2) is 0 Å². The molecule has 0 atom stereocenters. The van der Waals surface area contributed by atoms with Crippen molar-refractivity contribution < 1.29 is 19.1 Å². The number of anilines is 2. The molecule has 0 saturated carbocycles. The molecule has 1 heterocycles. The van der Waals surface area contributed by atoms with Gasteiger partial charge in [-0.2, -0.15) is 0 Å². The summed E-state index contributed by atoms with van der Waals surface area (Å²) < 4.78 is 10.6. The molecule has 0 radical (unpaired) electrons. The first-order valence-electron chi connectivity index (χ1n) is 11.2. The quantitative estimate of drug-likeness (QED) is 0.598. The van der Waals surface area contributed by atoms with E-state index in [1.807, 2.05) is 60.4 Å². The molecule has 2 amide bonds. The van der Waals surface area contributed by atoms with Crippen LogP contribution in [0.4, 0.5) is 11.4 Å². The molecule has 1 aliphatic heterocycles. The van der Waals surface area contributed by atoms with Gasteiger partial charge in [0.2, 0.25) is 0 Å². The first kappa shape index (κ1) is 23.2. The Labute approximate surface area is 199 Å². The normalized spacial score (nSPS) is 13.4. The van der Waals surface area contributed by atoms with E-state index in [1.54, 1.807) is 32.4 Å². The van der Waals surface area contributed by atoms with Crippen LogP contribution in [-0.4, -0.2) is 57.1 Å². The molecule has 7 heteroatoms. The zero-order valence-corrected chi connectivity index (χ0v) is 19.7. The third kappa shape index (κ3) is 5.14. The van der Waals surface area contributed by atoms with Gasteiger partial charge in [0, 0.05) is 54.7 Å². The van der Waals surface area contributed by atoms with E-state index in [-0.39, 0.29) is 11.8 Å². The van der Waals surface area contributed by atoms with Gasteiger partial charge >= 0.3 is 0 Å². The lowest BCUT2D eigenvalue weighted by molar-refractivity contribution is 0.0746. The number of hydrogen-bond donors (Lipinski definition) is 1. The van der Waals surface area contributed by atoms with Crippen LogP contribution in [0.1, 0.15) is 26.3 Å². The van der Waals surface area contributed by atoms with E-state index < -0.39 is 0 Å². The van der Waals surface area contributed by atoms with Gasteiger partial charge in [-0.05, 0) is 55.0 Å². The Morgan fingerprint density at radius 3 is 2.03 bits per heavy atom. The molecule has 4 rings (SSSR count). The van der Waals surface area contributed by atoms with Crippen molar-refractivity contribution >= 4 is 23.2 Å². The van der Waals surface area contributed by atoms with E-state index in [0.717, 1.165) is 30.0 Å². The molecule has 1 fully saturated rings. The standard InChI is InChI=1S/C27H29N3O4/c1-19-6-4-5-7-25(19)26(31)28-21-8-10-22(11-9-21)29-12-14-30(15-13-29)27(32)20-16-23(33-2)18-24(17-20)34-3/h4-11,16-18H,12-15H2,1-3H3,(H,28,31). The average Bonchev–Trinajstić information content (AvgIpc) is 2.88. The number of amides is 2. The molecule has 176 valence electrons. The summed E-state index contributed by atoms with van der Waals surface area (Å²) in [5.41, 5.74) is 3.97. The zero-order chi connectivity index (χ0) is 24.1. The molecule has 3 aromatic carbocycles. The van der Waals surface area contributed by atoms with E-state index in [9.17, 15) is 9.59 Å². The minimum absolute atomic E-state index is 0.0360. The van der Waals surface area contributed by atoms with E-state index in [4.69, 9.17) is 9.47 Å². The number of nitrogens with one attached hydrogen (secondary N) is 1. The molecule has 1 N–H and O–H groups in total. The number of benzene rings is 3. The number of carbonyl (C=O) groups excluding carboxylic acids is 2. The number of carbonyl (C=O) groups is 2. The molecule has 0 aliphatic carbocycles. The average molecular weight is 460 g/mol. The molecule has 0 unspecified atom stereocenters. The summed E-state index contributed by atoms with van der Waals surface area (Å²) in [5.74, 6) is 1.03. The Hall–Kier alpha value is -4.00. The summed E-state index contributed by atoms with van der Waals surface area (Å²) in [6.45, 7) is 4.60. The van der Waals surface area contributed by atoms with Gasteiger partial charge in [-0.3, -0.25) is 9.59 Å². The van der Waals surface area contributed by atoms with E-state index in [1.165, 1.54) is 0 Å². The number of ether oxygens (including phenoxy) is 2. The van der Waals surface area contributed by atoms with Crippen molar-refractivity contribution in [2.45, 2.75) is 6.92 Å². The van der Waals surface area contributed by atoms with Crippen molar-refractivity contribution in [3.8, 4) is 11.5 Å². The maximum Gasteiger partial charge on any atom is 0.255 e. The van der Waals surface area contributed by atoms with Crippen LogP contribution in [0.2, 0.25) is 0 Å². The molecule has 0 spiro atoms. The molecular formula is C27H29N3O4. The fourth-order valence-electron chi connectivity index (χ4n) is 4.06. The summed E-state index contributed by atoms with van der Waals surface area (Å²) in [4.78, 5) is 29.7. The Kier molecular flexibility index (Phi) is 7.01. The fraction of sp³-hybridized carbons (Fsp3) is 0.259. The van der Waals surface area contributed by atoms with Gasteiger partial charge in [-0.25, -0.2) is 0 Å². The van der Waals surface area contributed by atoms with Gasteiger partial charge < -0.3 is 24.6 Å². The topological polar surface area (TPSA) is 71.1 Å². The highest BCUT2D eigenvalue weighted by molar-refractivity contribution is 6.05. The number of methoxy groups -OCH3 is 2. The third-order valence-electron chi connectivity index (χ3n) is 6.05. The lowest BCUT2D eigenvalue weighted by atomic mass is 10.1. The molecule has 0 aromatic heterocycles. The maximum absolute atomic E-state index is 13.0. The van der Waals surface area contributed by atoms with Crippen LogP contribution in [-0.2, 0) is 0 Å². The Balaban J connectivity index is 1.36. The molecular weight excluding hydrogens is 430 g/mol. The monoisotopic (exact) mass is 459 g/mol. The minimum atomic E-state index is -0.118. The number of piperazine rings is 1. The summed E-state index contributed by atoms with van der Waals surface area (Å²) in [5, 5.41) is 2.96. The zero-order valence-electron chi connectivity index (χ0n) is 19.7.